The summed E-state index contributed by atoms with van der Waals surface area (Å²) in [6.07, 6.45) is 2.94. The van der Waals surface area contributed by atoms with Crippen LogP contribution in [0.15, 0.2) is 12.1 Å². The lowest BCUT2D eigenvalue weighted by Crippen LogP contribution is -2.34. The molecule has 0 spiro atoms. The Morgan fingerprint density at radius 3 is 2.33 bits per heavy atom. The molecule has 0 aromatic heterocycles. The van der Waals surface area contributed by atoms with Crippen molar-refractivity contribution >= 4 is 0 Å². The number of benzene rings is 1. The number of aliphatic hydroxyl groups is 1. The number of hydrogen-bond donors (Lipinski definition) is 2. The molecule has 5 nitrogen and oxygen atoms in total. The summed E-state index contributed by atoms with van der Waals surface area (Å²) < 4.78 is 16.8. The van der Waals surface area contributed by atoms with Gasteiger partial charge in [0.15, 0.2) is 23.0 Å². The molecule has 1 aromatic carbocycles. The number of rotatable bonds is 6. The lowest BCUT2D eigenvalue weighted by atomic mass is 9.95. The van der Waals surface area contributed by atoms with Crippen LogP contribution < -0.4 is 14.2 Å². The van der Waals surface area contributed by atoms with Gasteiger partial charge in [0.05, 0.1) is 19.3 Å². The van der Waals surface area contributed by atoms with Crippen LogP contribution >= 0.6 is 0 Å². The molecule has 1 aliphatic carbocycles. The van der Waals surface area contributed by atoms with Gasteiger partial charge in [-0.15, -0.1) is 0 Å². The summed E-state index contributed by atoms with van der Waals surface area (Å²) in [5, 5.41) is 20.0. The Morgan fingerprint density at radius 1 is 1.00 bits per heavy atom. The predicted molar refractivity (Wildman–Crippen MR) is 79.3 cm³/mol. The van der Waals surface area contributed by atoms with Gasteiger partial charge in [-0.1, -0.05) is 6.42 Å². The molecule has 0 heterocycles. The summed E-state index contributed by atoms with van der Waals surface area (Å²) in [6, 6.07) is 3.13. The number of phenolic OH excluding ortho intramolecular Hbond substituents is 1. The Morgan fingerprint density at radius 2 is 1.67 bits per heavy atom. The van der Waals surface area contributed by atoms with E-state index in [-0.39, 0.29) is 11.9 Å². The lowest BCUT2D eigenvalue weighted by molar-refractivity contribution is 0.00528. The molecule has 118 valence electrons. The first-order valence-electron chi connectivity index (χ1n) is 7.63. The third kappa shape index (κ3) is 3.94. The van der Waals surface area contributed by atoms with Gasteiger partial charge in [-0.05, 0) is 33.1 Å². The fraction of sp³-hybridized carbons (Fsp3) is 0.625. The van der Waals surface area contributed by atoms with Crippen LogP contribution in [0.1, 0.15) is 39.5 Å². The van der Waals surface area contributed by atoms with Crippen molar-refractivity contribution in [2.45, 2.75) is 51.7 Å². The van der Waals surface area contributed by atoms with Crippen molar-refractivity contribution in [1.82, 2.24) is 0 Å². The van der Waals surface area contributed by atoms with Gasteiger partial charge in [0.25, 0.3) is 0 Å². The van der Waals surface area contributed by atoms with Gasteiger partial charge < -0.3 is 24.4 Å². The van der Waals surface area contributed by atoms with Crippen LogP contribution in [0.4, 0.5) is 0 Å². The molecule has 1 saturated carbocycles. The van der Waals surface area contributed by atoms with E-state index < -0.39 is 6.10 Å². The maximum absolute atomic E-state index is 10.0. The molecule has 1 aromatic rings. The highest BCUT2D eigenvalue weighted by molar-refractivity contribution is 5.53. The van der Waals surface area contributed by atoms with Gasteiger partial charge in [0, 0.05) is 12.1 Å². The second-order valence-electron chi connectivity index (χ2n) is 5.14. The first kappa shape index (κ1) is 15.8. The molecule has 0 aliphatic heterocycles. The van der Waals surface area contributed by atoms with Crippen LogP contribution in [-0.4, -0.2) is 35.6 Å². The summed E-state index contributed by atoms with van der Waals surface area (Å²) in [4.78, 5) is 0. The van der Waals surface area contributed by atoms with E-state index in [1.807, 2.05) is 13.8 Å². The highest BCUT2D eigenvalue weighted by atomic mass is 16.5. The highest BCUT2D eigenvalue weighted by Crippen LogP contribution is 2.40. The molecular weight excluding hydrogens is 272 g/mol. The number of aromatic hydroxyl groups is 1. The van der Waals surface area contributed by atoms with Crippen LogP contribution in [0.3, 0.4) is 0 Å². The minimum Gasteiger partial charge on any atom is -0.504 e. The van der Waals surface area contributed by atoms with Crippen molar-refractivity contribution in [3.05, 3.63) is 12.1 Å². The monoisotopic (exact) mass is 296 g/mol. The zero-order chi connectivity index (χ0) is 15.2. The molecule has 2 atom stereocenters. The lowest BCUT2D eigenvalue weighted by Gasteiger charge is -2.29. The Bertz CT molecular complexity index is 460. The molecule has 5 heteroatoms. The Balaban J connectivity index is 2.23. The molecule has 1 aliphatic rings. The Hall–Kier alpha value is -1.62. The van der Waals surface area contributed by atoms with Crippen LogP contribution in [0.2, 0.25) is 0 Å². The second kappa shape index (κ2) is 7.41. The number of ether oxygens (including phenoxy) is 3. The molecule has 2 rings (SSSR count). The third-order valence-corrected chi connectivity index (χ3v) is 3.57. The summed E-state index contributed by atoms with van der Waals surface area (Å²) >= 11 is 0. The van der Waals surface area contributed by atoms with Crippen molar-refractivity contribution in [2.24, 2.45) is 0 Å². The van der Waals surface area contributed by atoms with Crippen molar-refractivity contribution in [3.8, 4) is 23.0 Å². The van der Waals surface area contributed by atoms with Gasteiger partial charge in [-0.3, -0.25) is 0 Å². The van der Waals surface area contributed by atoms with Crippen molar-refractivity contribution in [3.63, 3.8) is 0 Å². The van der Waals surface area contributed by atoms with E-state index in [1.165, 1.54) is 6.07 Å². The second-order valence-corrected chi connectivity index (χ2v) is 5.14. The summed E-state index contributed by atoms with van der Waals surface area (Å²) in [5.41, 5.74) is 0. The minimum absolute atomic E-state index is 0.0249. The average Bonchev–Trinajstić information content (AvgIpc) is 2.46. The maximum Gasteiger partial charge on any atom is 0.165 e. The number of hydrogen-bond acceptors (Lipinski definition) is 5. The van der Waals surface area contributed by atoms with Crippen LogP contribution in [0.5, 0.6) is 23.0 Å². The minimum atomic E-state index is -0.461. The van der Waals surface area contributed by atoms with E-state index in [0.717, 1.165) is 25.7 Å². The molecule has 1 fully saturated rings. The molecular formula is C16H24O5. The third-order valence-electron chi connectivity index (χ3n) is 3.57. The molecule has 0 radical (unpaired) electrons. The molecule has 0 amide bonds. The highest BCUT2D eigenvalue weighted by Gasteiger charge is 2.26. The zero-order valence-corrected chi connectivity index (χ0v) is 12.7. The Labute approximate surface area is 125 Å². The van der Waals surface area contributed by atoms with E-state index in [1.54, 1.807) is 6.07 Å². The first-order valence-corrected chi connectivity index (χ1v) is 7.63. The van der Waals surface area contributed by atoms with Crippen LogP contribution in [-0.2, 0) is 0 Å². The molecule has 2 N–H and O–H groups in total. The number of phenols is 1. The van der Waals surface area contributed by atoms with E-state index in [0.29, 0.717) is 30.5 Å². The van der Waals surface area contributed by atoms with Gasteiger partial charge in [0.2, 0.25) is 0 Å². The first-order chi connectivity index (χ1) is 10.2. The quantitative estimate of drug-likeness (QED) is 0.845. The fourth-order valence-corrected chi connectivity index (χ4v) is 2.54. The van der Waals surface area contributed by atoms with Crippen LogP contribution in [0.25, 0.3) is 0 Å². The molecule has 0 saturated heterocycles. The van der Waals surface area contributed by atoms with Gasteiger partial charge in [0.1, 0.15) is 6.10 Å². The van der Waals surface area contributed by atoms with E-state index in [4.69, 9.17) is 14.2 Å². The largest absolute Gasteiger partial charge is 0.504 e. The van der Waals surface area contributed by atoms with Crippen molar-refractivity contribution in [2.75, 3.05) is 13.2 Å². The van der Waals surface area contributed by atoms with E-state index in [2.05, 4.69) is 0 Å². The predicted octanol–water partition coefficient (Wildman–Crippen LogP) is 2.87. The smallest absolute Gasteiger partial charge is 0.165 e. The maximum atomic E-state index is 10.0. The van der Waals surface area contributed by atoms with Crippen LogP contribution in [0, 0.1) is 0 Å². The van der Waals surface area contributed by atoms with Crippen molar-refractivity contribution < 1.29 is 24.4 Å². The van der Waals surface area contributed by atoms with E-state index in [9.17, 15) is 10.2 Å². The van der Waals surface area contributed by atoms with E-state index >= 15 is 0 Å². The molecule has 0 unspecified atom stereocenters. The van der Waals surface area contributed by atoms with Crippen molar-refractivity contribution in [1.29, 1.82) is 0 Å². The summed E-state index contributed by atoms with van der Waals surface area (Å²) in [5.74, 6) is 1.36. The standard InChI is InChI=1S/C16H24O5/c1-3-19-14-10-16(15(20-4-2)9-12(14)18)21-13-8-6-5-7-11(13)17/h9-11,13,17-18H,3-8H2,1-2H3/t11-,13+/m0/s1. The Kier molecular flexibility index (Phi) is 5.56. The average molecular weight is 296 g/mol. The zero-order valence-electron chi connectivity index (χ0n) is 12.7. The van der Waals surface area contributed by atoms with Gasteiger partial charge in [-0.25, -0.2) is 0 Å². The normalized spacial score (nSPS) is 21.9. The topological polar surface area (TPSA) is 68.2 Å². The molecule has 21 heavy (non-hydrogen) atoms. The molecule has 0 bridgehead atoms. The summed E-state index contributed by atoms with van der Waals surface area (Å²) in [7, 11) is 0. The SMILES string of the molecule is CCOc1cc(O[C@@H]2CCCC[C@@H]2O)c(OCC)cc1O. The number of aliphatic hydroxyl groups excluding tert-OH is 1. The fourth-order valence-electron chi connectivity index (χ4n) is 2.54. The summed E-state index contributed by atoms with van der Waals surface area (Å²) in [6.45, 7) is 4.64. The van der Waals surface area contributed by atoms with Gasteiger partial charge in [-0.2, -0.15) is 0 Å². The van der Waals surface area contributed by atoms with Gasteiger partial charge >= 0.3 is 0 Å².